The third kappa shape index (κ3) is 4.46. The zero-order valence-electron chi connectivity index (χ0n) is 12.3. The van der Waals surface area contributed by atoms with E-state index in [0.29, 0.717) is 23.5 Å². The molecule has 21 heavy (non-hydrogen) atoms. The molecule has 0 aromatic heterocycles. The first-order chi connectivity index (χ1) is 10.1. The Balaban J connectivity index is 3.28. The van der Waals surface area contributed by atoms with Crippen molar-refractivity contribution in [3.8, 4) is 0 Å². The minimum atomic E-state index is -0.0259. The molecule has 1 aromatic rings. The van der Waals surface area contributed by atoms with Crippen LogP contribution < -0.4 is 0 Å². The number of methoxy groups -OCH3 is 1. The van der Waals surface area contributed by atoms with Gasteiger partial charge in [-0.1, -0.05) is 23.7 Å². The average Bonchev–Trinajstić information content (AvgIpc) is 2.49. The minimum absolute atomic E-state index is 0.0259. The predicted octanol–water partition coefficient (Wildman–Crippen LogP) is 3.20. The van der Waals surface area contributed by atoms with Gasteiger partial charge in [-0.15, -0.1) is 0 Å². The molecular formula is C16H18ClNO3. The standard InChI is InChI=1S/C16H18ClNO3/c1-4-14(15-9-13(17)6-5-12(15)2)16(21-3)10-18(11-20)7-8-19/h4-6,8-11H,7H2,1-3H3/b14-4-,16-10+. The van der Waals surface area contributed by atoms with Gasteiger partial charge in [-0.2, -0.15) is 0 Å². The Morgan fingerprint density at radius 3 is 2.62 bits per heavy atom. The van der Waals surface area contributed by atoms with E-state index in [1.807, 2.05) is 38.1 Å². The van der Waals surface area contributed by atoms with E-state index in [1.165, 1.54) is 18.2 Å². The fourth-order valence-electron chi connectivity index (χ4n) is 1.91. The minimum Gasteiger partial charge on any atom is -0.495 e. The number of aryl methyl sites for hydroxylation is 1. The highest BCUT2D eigenvalue weighted by molar-refractivity contribution is 6.30. The maximum Gasteiger partial charge on any atom is 0.214 e. The van der Waals surface area contributed by atoms with E-state index in [-0.39, 0.29) is 6.54 Å². The van der Waals surface area contributed by atoms with E-state index in [1.54, 1.807) is 0 Å². The molecule has 0 fully saturated rings. The van der Waals surface area contributed by atoms with E-state index in [2.05, 4.69) is 0 Å². The highest BCUT2D eigenvalue weighted by Crippen LogP contribution is 2.29. The second-order valence-corrected chi connectivity index (χ2v) is 4.76. The molecule has 0 aliphatic rings. The van der Waals surface area contributed by atoms with Crippen LogP contribution in [0.5, 0.6) is 0 Å². The molecular weight excluding hydrogens is 290 g/mol. The van der Waals surface area contributed by atoms with Crippen LogP contribution in [-0.2, 0) is 14.3 Å². The molecule has 0 saturated heterocycles. The van der Waals surface area contributed by atoms with Gasteiger partial charge in [0.25, 0.3) is 0 Å². The van der Waals surface area contributed by atoms with Crippen LogP contribution in [0.15, 0.2) is 36.2 Å². The summed E-state index contributed by atoms with van der Waals surface area (Å²) in [7, 11) is 1.51. The van der Waals surface area contributed by atoms with Crippen LogP contribution in [0, 0.1) is 6.92 Å². The first-order valence-electron chi connectivity index (χ1n) is 6.41. The number of halogens is 1. The molecule has 0 spiro atoms. The molecule has 0 atom stereocenters. The van der Waals surface area contributed by atoms with Gasteiger partial charge in [-0.25, -0.2) is 0 Å². The van der Waals surface area contributed by atoms with Gasteiger partial charge in [0.15, 0.2) is 0 Å². The Kier molecular flexibility index (Phi) is 6.69. The summed E-state index contributed by atoms with van der Waals surface area (Å²) in [4.78, 5) is 22.7. The quantitative estimate of drug-likeness (QED) is 0.441. The summed E-state index contributed by atoms with van der Waals surface area (Å²) >= 11 is 6.05. The van der Waals surface area contributed by atoms with Gasteiger partial charge >= 0.3 is 0 Å². The van der Waals surface area contributed by atoms with Crippen LogP contribution >= 0.6 is 11.6 Å². The lowest BCUT2D eigenvalue weighted by atomic mass is 9.99. The summed E-state index contributed by atoms with van der Waals surface area (Å²) in [5.74, 6) is 0.483. The van der Waals surface area contributed by atoms with Gasteiger partial charge < -0.3 is 14.4 Å². The van der Waals surface area contributed by atoms with Crippen molar-refractivity contribution in [2.75, 3.05) is 13.7 Å². The van der Waals surface area contributed by atoms with Crippen molar-refractivity contribution in [1.82, 2.24) is 4.90 Å². The van der Waals surface area contributed by atoms with Gasteiger partial charge in [-0.05, 0) is 37.1 Å². The number of rotatable bonds is 7. The van der Waals surface area contributed by atoms with Crippen LogP contribution in [0.2, 0.25) is 5.02 Å². The predicted molar refractivity (Wildman–Crippen MR) is 83.8 cm³/mol. The Hall–Kier alpha value is -2.07. The van der Waals surface area contributed by atoms with Crippen molar-refractivity contribution in [3.05, 3.63) is 52.4 Å². The number of nitrogens with zero attached hydrogens (tertiary/aromatic N) is 1. The fourth-order valence-corrected chi connectivity index (χ4v) is 2.08. The zero-order chi connectivity index (χ0) is 15.8. The lowest BCUT2D eigenvalue weighted by molar-refractivity contribution is -0.119. The number of carbonyl (C=O) groups excluding carboxylic acids is 2. The third-order valence-electron chi connectivity index (χ3n) is 2.97. The number of hydrogen-bond acceptors (Lipinski definition) is 3. The van der Waals surface area contributed by atoms with E-state index in [0.717, 1.165) is 16.7 Å². The number of allylic oxidation sites excluding steroid dienone is 2. The van der Waals surface area contributed by atoms with Gasteiger partial charge in [0.2, 0.25) is 6.41 Å². The van der Waals surface area contributed by atoms with Gasteiger partial charge in [0, 0.05) is 16.8 Å². The number of amides is 1. The number of ether oxygens (including phenoxy) is 1. The molecule has 0 aliphatic heterocycles. The molecule has 0 saturated carbocycles. The summed E-state index contributed by atoms with van der Waals surface area (Å²) in [6.45, 7) is 3.81. The normalized spacial score (nSPS) is 12.0. The largest absolute Gasteiger partial charge is 0.495 e. The molecule has 4 nitrogen and oxygen atoms in total. The van der Waals surface area contributed by atoms with Crippen molar-refractivity contribution >= 4 is 29.9 Å². The van der Waals surface area contributed by atoms with Crippen LogP contribution in [0.1, 0.15) is 18.1 Å². The van der Waals surface area contributed by atoms with Crippen LogP contribution in [0.25, 0.3) is 5.57 Å². The Morgan fingerprint density at radius 2 is 2.10 bits per heavy atom. The molecule has 1 aromatic carbocycles. The topological polar surface area (TPSA) is 46.6 Å². The number of aldehydes is 1. The van der Waals surface area contributed by atoms with Gasteiger partial charge in [0.1, 0.15) is 12.0 Å². The molecule has 0 bridgehead atoms. The van der Waals surface area contributed by atoms with Crippen LogP contribution in [0.4, 0.5) is 0 Å². The van der Waals surface area contributed by atoms with Gasteiger partial charge in [-0.3, -0.25) is 4.79 Å². The molecule has 0 radical (unpaired) electrons. The molecule has 0 unspecified atom stereocenters. The maximum absolute atomic E-state index is 10.9. The lowest BCUT2D eigenvalue weighted by Crippen LogP contribution is -2.18. The number of hydrogen-bond donors (Lipinski definition) is 0. The van der Waals surface area contributed by atoms with Crippen LogP contribution in [0.3, 0.4) is 0 Å². The van der Waals surface area contributed by atoms with Crippen molar-refractivity contribution in [2.45, 2.75) is 13.8 Å². The first kappa shape index (κ1) is 17.0. The smallest absolute Gasteiger partial charge is 0.214 e. The maximum atomic E-state index is 10.9. The fraction of sp³-hybridized carbons (Fsp3) is 0.250. The lowest BCUT2D eigenvalue weighted by Gasteiger charge is -2.16. The molecule has 0 heterocycles. The summed E-state index contributed by atoms with van der Waals surface area (Å²) in [5, 5.41) is 0.616. The second-order valence-electron chi connectivity index (χ2n) is 4.33. The van der Waals surface area contributed by atoms with Gasteiger partial charge in [0.05, 0.1) is 13.7 Å². The third-order valence-corrected chi connectivity index (χ3v) is 3.20. The van der Waals surface area contributed by atoms with E-state index in [9.17, 15) is 9.59 Å². The molecule has 5 heteroatoms. The van der Waals surface area contributed by atoms with Crippen molar-refractivity contribution in [3.63, 3.8) is 0 Å². The number of carbonyl (C=O) groups is 2. The summed E-state index contributed by atoms with van der Waals surface area (Å²) < 4.78 is 5.36. The molecule has 0 aliphatic carbocycles. The van der Waals surface area contributed by atoms with E-state index < -0.39 is 0 Å². The van der Waals surface area contributed by atoms with Crippen molar-refractivity contribution in [2.24, 2.45) is 0 Å². The molecule has 0 N–H and O–H groups in total. The van der Waals surface area contributed by atoms with E-state index >= 15 is 0 Å². The molecule has 1 rings (SSSR count). The summed E-state index contributed by atoms with van der Waals surface area (Å²) in [5.41, 5.74) is 2.74. The Bertz CT molecular complexity index is 579. The van der Waals surface area contributed by atoms with Crippen molar-refractivity contribution in [1.29, 1.82) is 0 Å². The van der Waals surface area contributed by atoms with Crippen LogP contribution in [-0.4, -0.2) is 31.3 Å². The highest BCUT2D eigenvalue weighted by atomic mass is 35.5. The zero-order valence-corrected chi connectivity index (χ0v) is 13.1. The average molecular weight is 308 g/mol. The number of benzene rings is 1. The molecule has 1 amide bonds. The second kappa shape index (κ2) is 8.27. The summed E-state index contributed by atoms with van der Waals surface area (Å²) in [6.07, 6.45) is 4.60. The van der Waals surface area contributed by atoms with Crippen molar-refractivity contribution < 1.29 is 14.3 Å². The highest BCUT2D eigenvalue weighted by Gasteiger charge is 2.12. The first-order valence-corrected chi connectivity index (χ1v) is 6.78. The molecule has 112 valence electrons. The SMILES string of the molecule is C/C=C(\C(=C/N(C=O)CC=O)OC)c1cc(Cl)ccc1C. The Morgan fingerprint density at radius 1 is 1.38 bits per heavy atom. The Labute approximate surface area is 129 Å². The summed E-state index contributed by atoms with van der Waals surface area (Å²) in [6, 6.07) is 5.56. The van der Waals surface area contributed by atoms with E-state index in [4.69, 9.17) is 16.3 Å². The monoisotopic (exact) mass is 307 g/mol.